The molecule has 0 fully saturated rings. The number of allylic oxidation sites excluding steroid dienone is 5. The van der Waals surface area contributed by atoms with Crippen LogP contribution in [-0.4, -0.2) is 73.4 Å². The molecule has 0 aromatic rings. The van der Waals surface area contributed by atoms with Gasteiger partial charge in [0, 0.05) is 6.42 Å². The van der Waals surface area contributed by atoms with Crippen LogP contribution in [0.3, 0.4) is 0 Å². The van der Waals surface area contributed by atoms with E-state index in [2.05, 4.69) is 43.5 Å². The second-order valence-corrected chi connectivity index (χ2v) is 20.3. The highest BCUT2D eigenvalue weighted by Crippen LogP contribution is 2.43. The van der Waals surface area contributed by atoms with Gasteiger partial charge in [0.15, 0.2) is 0 Å². The summed E-state index contributed by atoms with van der Waals surface area (Å²) in [5, 5.41) is 13.9. The number of rotatable bonds is 47. The van der Waals surface area contributed by atoms with Crippen LogP contribution in [-0.2, 0) is 18.4 Å². The monoisotopic (exact) mass is 882 g/mol. The third kappa shape index (κ3) is 46.5. The number of nitrogens with one attached hydrogen (secondary N) is 1. The Morgan fingerprint density at radius 1 is 0.541 bits per heavy atom. The lowest BCUT2D eigenvalue weighted by atomic mass is 10.0. The van der Waals surface area contributed by atoms with E-state index in [4.69, 9.17) is 9.05 Å². The summed E-state index contributed by atoms with van der Waals surface area (Å²) in [6.45, 7) is 4.80. The van der Waals surface area contributed by atoms with Crippen molar-refractivity contribution in [1.29, 1.82) is 0 Å². The van der Waals surface area contributed by atoms with Crippen LogP contribution in [0.2, 0.25) is 0 Å². The SMILES string of the molecule is CCCCCCCC/C=C/CC/C=C/CC/C=C/C(O)C(COP(=O)(O)OCC[N+](C)(C)C)NC(=O)CCCCCCCCCCCCCCCCCCCCCCCCC. The maximum atomic E-state index is 12.9. The van der Waals surface area contributed by atoms with Crippen LogP contribution in [0.4, 0.5) is 0 Å². The normalized spacial score (nSPS) is 14.4. The first-order valence-electron chi connectivity index (χ1n) is 25.9. The van der Waals surface area contributed by atoms with Crippen LogP contribution in [0.1, 0.15) is 239 Å². The molecule has 0 aromatic heterocycles. The molecular weight excluding hydrogens is 780 g/mol. The summed E-state index contributed by atoms with van der Waals surface area (Å²) in [4.78, 5) is 23.2. The number of nitrogens with zero attached hydrogens (tertiary/aromatic N) is 1. The topological polar surface area (TPSA) is 105 Å². The van der Waals surface area contributed by atoms with Crippen LogP contribution < -0.4 is 5.32 Å². The fourth-order valence-electron chi connectivity index (χ4n) is 7.49. The lowest BCUT2D eigenvalue weighted by Gasteiger charge is -2.25. The molecule has 0 aliphatic rings. The Morgan fingerprint density at radius 2 is 0.902 bits per heavy atom. The van der Waals surface area contributed by atoms with Crippen molar-refractivity contribution in [3.8, 4) is 0 Å². The number of hydrogen-bond donors (Lipinski definition) is 3. The number of amides is 1. The average Bonchev–Trinajstić information content (AvgIpc) is 3.21. The van der Waals surface area contributed by atoms with E-state index in [1.807, 2.05) is 27.2 Å². The smallest absolute Gasteiger partial charge is 0.387 e. The van der Waals surface area contributed by atoms with Gasteiger partial charge in [0.25, 0.3) is 0 Å². The van der Waals surface area contributed by atoms with Crippen LogP contribution in [0, 0.1) is 0 Å². The van der Waals surface area contributed by atoms with Gasteiger partial charge in [-0.3, -0.25) is 13.8 Å². The van der Waals surface area contributed by atoms with E-state index in [0.29, 0.717) is 17.4 Å². The average molecular weight is 882 g/mol. The third-order valence-corrected chi connectivity index (χ3v) is 12.6. The van der Waals surface area contributed by atoms with Gasteiger partial charge in [-0.1, -0.05) is 224 Å². The second kappa shape index (κ2) is 43.9. The number of phosphoric acid groups is 1. The Kier molecular flexibility index (Phi) is 43.0. The van der Waals surface area contributed by atoms with Gasteiger partial charge in [-0.05, 0) is 44.9 Å². The minimum Gasteiger partial charge on any atom is -0.387 e. The summed E-state index contributed by atoms with van der Waals surface area (Å²) in [6.07, 6.45) is 55.2. The van der Waals surface area contributed by atoms with Crippen LogP contribution >= 0.6 is 7.82 Å². The van der Waals surface area contributed by atoms with E-state index < -0.39 is 20.0 Å². The van der Waals surface area contributed by atoms with E-state index >= 15 is 0 Å². The molecule has 360 valence electrons. The Bertz CT molecular complexity index is 1090. The molecule has 0 heterocycles. The van der Waals surface area contributed by atoms with Crippen LogP contribution in [0.15, 0.2) is 36.5 Å². The number of carbonyl (C=O) groups excluding carboxylic acids is 1. The fraction of sp³-hybridized carbons (Fsp3) is 0.865. The predicted octanol–water partition coefficient (Wildman–Crippen LogP) is 15.0. The molecule has 0 spiro atoms. The van der Waals surface area contributed by atoms with Gasteiger partial charge in [0.1, 0.15) is 13.2 Å². The first-order valence-corrected chi connectivity index (χ1v) is 27.4. The predicted molar refractivity (Wildman–Crippen MR) is 263 cm³/mol. The molecule has 0 aromatic carbocycles. The summed E-state index contributed by atoms with van der Waals surface area (Å²) in [6, 6.07) is -0.866. The van der Waals surface area contributed by atoms with Crippen molar-refractivity contribution in [3.05, 3.63) is 36.5 Å². The zero-order valence-electron chi connectivity index (χ0n) is 40.9. The van der Waals surface area contributed by atoms with Crippen molar-refractivity contribution < 1.29 is 32.9 Å². The van der Waals surface area contributed by atoms with Gasteiger partial charge < -0.3 is 19.8 Å². The standard InChI is InChI=1S/C52H101N2O6P/c1-6-8-10-12-14-16-18-20-22-24-25-26-27-28-29-30-32-34-36-38-40-42-44-46-52(56)53-50(49-60-61(57,58)59-48-47-54(3,4)5)51(55)45-43-41-39-37-35-33-31-23-21-19-17-15-13-11-9-7-2/h21,23,35,37,43,45,50-51,55H,6-20,22,24-34,36,38-42,44,46-49H2,1-5H3,(H-,53,56,57,58)/p+1/b23-21+,37-35+,45-43+. The number of likely N-dealkylation sites (N-methyl/N-ethyl adjacent to an activating group) is 1. The lowest BCUT2D eigenvalue weighted by Crippen LogP contribution is -2.45. The summed E-state index contributed by atoms with van der Waals surface area (Å²) < 4.78 is 23.6. The van der Waals surface area contributed by atoms with Gasteiger partial charge in [0.2, 0.25) is 5.91 Å². The minimum absolute atomic E-state index is 0.0549. The molecule has 8 nitrogen and oxygen atoms in total. The molecule has 0 aliphatic heterocycles. The quantitative estimate of drug-likeness (QED) is 0.0243. The van der Waals surface area contributed by atoms with Gasteiger partial charge >= 0.3 is 7.82 Å². The molecule has 0 radical (unpaired) electrons. The highest BCUT2D eigenvalue weighted by Gasteiger charge is 2.27. The first kappa shape index (κ1) is 59.7. The maximum absolute atomic E-state index is 12.9. The molecule has 0 saturated carbocycles. The first-order chi connectivity index (χ1) is 29.5. The Hall–Kier alpha value is -1.28. The van der Waals surface area contributed by atoms with Crippen molar-refractivity contribution in [2.45, 2.75) is 251 Å². The molecule has 9 heteroatoms. The zero-order valence-corrected chi connectivity index (χ0v) is 41.8. The van der Waals surface area contributed by atoms with E-state index in [1.54, 1.807) is 6.08 Å². The molecule has 0 aliphatic carbocycles. The van der Waals surface area contributed by atoms with Crippen molar-refractivity contribution in [2.75, 3.05) is 40.9 Å². The van der Waals surface area contributed by atoms with Gasteiger partial charge in [-0.25, -0.2) is 4.57 Å². The second-order valence-electron chi connectivity index (χ2n) is 18.9. The number of hydrogen-bond acceptors (Lipinski definition) is 5. The van der Waals surface area contributed by atoms with Crippen molar-refractivity contribution in [2.24, 2.45) is 0 Å². The number of aliphatic hydroxyl groups is 1. The minimum atomic E-state index is -4.35. The number of aliphatic hydroxyl groups excluding tert-OH is 1. The van der Waals surface area contributed by atoms with Gasteiger partial charge in [-0.2, -0.15) is 0 Å². The van der Waals surface area contributed by atoms with Crippen molar-refractivity contribution >= 4 is 13.7 Å². The molecule has 61 heavy (non-hydrogen) atoms. The number of quaternary nitrogens is 1. The zero-order chi connectivity index (χ0) is 45.0. The highest BCUT2D eigenvalue weighted by molar-refractivity contribution is 7.47. The van der Waals surface area contributed by atoms with Gasteiger partial charge in [-0.15, -0.1) is 0 Å². The summed E-state index contributed by atoms with van der Waals surface area (Å²) in [7, 11) is 1.55. The third-order valence-electron chi connectivity index (χ3n) is 11.6. The summed E-state index contributed by atoms with van der Waals surface area (Å²) >= 11 is 0. The largest absolute Gasteiger partial charge is 0.472 e. The van der Waals surface area contributed by atoms with Crippen molar-refractivity contribution in [3.63, 3.8) is 0 Å². The van der Waals surface area contributed by atoms with E-state index in [9.17, 15) is 19.4 Å². The Balaban J connectivity index is 4.29. The van der Waals surface area contributed by atoms with Gasteiger partial charge in [0.05, 0.1) is 39.9 Å². The summed E-state index contributed by atoms with van der Waals surface area (Å²) in [5.41, 5.74) is 0. The molecule has 1 amide bonds. The van der Waals surface area contributed by atoms with E-state index in [1.165, 1.54) is 173 Å². The molecular formula is C52H102N2O6P+. The van der Waals surface area contributed by atoms with E-state index in [-0.39, 0.29) is 19.1 Å². The molecule has 0 saturated heterocycles. The number of phosphoric ester groups is 1. The fourth-order valence-corrected chi connectivity index (χ4v) is 8.22. The van der Waals surface area contributed by atoms with E-state index in [0.717, 1.165) is 44.9 Å². The molecule has 3 atom stereocenters. The number of carbonyl (C=O) groups is 1. The Labute approximate surface area is 378 Å². The van der Waals surface area contributed by atoms with Crippen LogP contribution in [0.5, 0.6) is 0 Å². The number of unbranched alkanes of at least 4 members (excludes halogenated alkanes) is 30. The van der Waals surface area contributed by atoms with Crippen molar-refractivity contribution in [1.82, 2.24) is 5.32 Å². The molecule has 0 bridgehead atoms. The molecule has 3 N–H and O–H groups in total. The maximum Gasteiger partial charge on any atom is 0.472 e. The lowest BCUT2D eigenvalue weighted by molar-refractivity contribution is -0.870. The highest BCUT2D eigenvalue weighted by atomic mass is 31.2. The molecule has 0 rings (SSSR count). The summed E-state index contributed by atoms with van der Waals surface area (Å²) in [5.74, 6) is -0.188. The van der Waals surface area contributed by atoms with Crippen LogP contribution in [0.25, 0.3) is 0 Å². The molecule has 3 unspecified atom stereocenters. The Morgan fingerprint density at radius 3 is 1.31 bits per heavy atom.